The van der Waals surface area contributed by atoms with E-state index in [0.717, 1.165) is 0 Å². The molecule has 0 spiro atoms. The maximum absolute atomic E-state index is 12.4. The molecule has 2 aromatic carbocycles. The molecule has 10 heteroatoms. The number of nitrogens with one attached hydrogen (secondary N) is 3. The molecule has 0 aliphatic heterocycles. The van der Waals surface area contributed by atoms with Crippen LogP contribution in [0, 0.1) is 0 Å². The number of aromatic nitrogens is 1. The van der Waals surface area contributed by atoms with Crippen molar-refractivity contribution in [2.75, 3.05) is 32.7 Å². The number of carbonyl (C=O) groups excluding carboxylic acids is 2. The van der Waals surface area contributed by atoms with Gasteiger partial charge in [-0.25, -0.2) is 9.18 Å². The third-order valence-corrected chi connectivity index (χ3v) is 4.60. The number of urea groups is 1. The van der Waals surface area contributed by atoms with Gasteiger partial charge in [0.15, 0.2) is 0 Å². The molecule has 31 heavy (non-hydrogen) atoms. The highest BCUT2D eigenvalue weighted by molar-refractivity contribution is 6.33. The minimum Gasteiger partial charge on any atom is -0.496 e. The normalized spacial score (nSPS) is 10.5. The van der Waals surface area contributed by atoms with Crippen LogP contribution in [0.4, 0.5) is 14.9 Å². The number of amides is 3. The molecule has 0 atom stereocenters. The molecule has 0 saturated carbocycles. The number of hydrogen-bond donors (Lipinski definition) is 3. The highest BCUT2D eigenvalue weighted by Gasteiger charge is 2.16. The topological polar surface area (TPSA) is 102 Å². The summed E-state index contributed by atoms with van der Waals surface area (Å²) in [5.41, 5.74) is 1.19. The van der Waals surface area contributed by atoms with Crippen molar-refractivity contribution >= 4 is 40.1 Å². The summed E-state index contributed by atoms with van der Waals surface area (Å²) in [6, 6.07) is 9.23. The molecule has 0 unspecified atom stereocenters. The van der Waals surface area contributed by atoms with Crippen LogP contribution in [0.1, 0.15) is 10.4 Å². The molecule has 3 N–H and O–H groups in total. The summed E-state index contributed by atoms with van der Waals surface area (Å²) in [6.07, 6.45) is 1.56. The van der Waals surface area contributed by atoms with Crippen molar-refractivity contribution in [2.45, 2.75) is 0 Å². The lowest BCUT2D eigenvalue weighted by Crippen LogP contribution is -2.25. The second kappa shape index (κ2) is 9.94. The molecule has 1 aromatic heterocycles. The zero-order valence-corrected chi connectivity index (χ0v) is 17.5. The Balaban J connectivity index is 1.96. The first-order valence-electron chi connectivity index (χ1n) is 9.24. The van der Waals surface area contributed by atoms with Crippen LogP contribution in [0.2, 0.25) is 5.02 Å². The van der Waals surface area contributed by atoms with Gasteiger partial charge in [0.2, 0.25) is 0 Å². The minimum atomic E-state index is -0.677. The standard InChI is InChI=1S/C21H20ClFN4O4/c1-24-21(29)27-16-4-3-12(9-15(16)22)31-18-5-7-25-17-11-19(30-2)14(10-13(17)18)20(28)26-8-6-23/h3-5,7,9-11H,6,8H2,1-2H3,(H,26,28)(H2,24,27,29). The van der Waals surface area contributed by atoms with Crippen LogP contribution >= 0.6 is 11.6 Å². The van der Waals surface area contributed by atoms with E-state index in [2.05, 4.69) is 20.9 Å². The smallest absolute Gasteiger partial charge is 0.319 e. The van der Waals surface area contributed by atoms with Gasteiger partial charge in [0.1, 0.15) is 23.9 Å². The Kier molecular flexibility index (Phi) is 7.09. The van der Waals surface area contributed by atoms with Gasteiger partial charge in [-0.3, -0.25) is 9.78 Å². The fourth-order valence-electron chi connectivity index (χ4n) is 2.81. The summed E-state index contributed by atoms with van der Waals surface area (Å²) in [4.78, 5) is 28.2. The van der Waals surface area contributed by atoms with E-state index in [0.29, 0.717) is 33.8 Å². The Morgan fingerprint density at radius 2 is 1.97 bits per heavy atom. The summed E-state index contributed by atoms with van der Waals surface area (Å²) in [5, 5.41) is 8.36. The fraction of sp³-hybridized carbons (Fsp3) is 0.190. The fourth-order valence-corrected chi connectivity index (χ4v) is 3.03. The third-order valence-electron chi connectivity index (χ3n) is 4.29. The van der Waals surface area contributed by atoms with Crippen LogP contribution in [0.3, 0.4) is 0 Å². The predicted octanol–water partition coefficient (Wildman–Crippen LogP) is 4.14. The number of hydrogen-bond acceptors (Lipinski definition) is 5. The van der Waals surface area contributed by atoms with Crippen molar-refractivity contribution in [1.29, 1.82) is 0 Å². The van der Waals surface area contributed by atoms with Gasteiger partial charge in [-0.15, -0.1) is 0 Å². The van der Waals surface area contributed by atoms with Gasteiger partial charge in [-0.2, -0.15) is 0 Å². The Morgan fingerprint density at radius 1 is 1.16 bits per heavy atom. The molecule has 0 fully saturated rings. The van der Waals surface area contributed by atoms with Crippen molar-refractivity contribution in [3.8, 4) is 17.2 Å². The number of pyridine rings is 1. The molecule has 3 aromatic rings. The Bertz CT molecular complexity index is 1130. The summed E-state index contributed by atoms with van der Waals surface area (Å²) >= 11 is 6.23. The number of alkyl halides is 1. The van der Waals surface area contributed by atoms with Crippen molar-refractivity contribution in [3.05, 3.63) is 53.2 Å². The number of benzene rings is 2. The van der Waals surface area contributed by atoms with Crippen LogP contribution in [0.25, 0.3) is 10.9 Å². The van der Waals surface area contributed by atoms with Crippen LogP contribution in [0.5, 0.6) is 17.2 Å². The van der Waals surface area contributed by atoms with Crippen molar-refractivity contribution in [2.24, 2.45) is 0 Å². The van der Waals surface area contributed by atoms with E-state index < -0.39 is 18.6 Å². The van der Waals surface area contributed by atoms with Crippen LogP contribution in [0.15, 0.2) is 42.6 Å². The first kappa shape index (κ1) is 22.1. The summed E-state index contributed by atoms with van der Waals surface area (Å²) in [7, 11) is 2.93. The second-order valence-corrected chi connectivity index (χ2v) is 6.68. The number of nitrogens with zero attached hydrogens (tertiary/aromatic N) is 1. The average Bonchev–Trinajstić information content (AvgIpc) is 2.78. The van der Waals surface area contributed by atoms with Crippen LogP contribution < -0.4 is 25.4 Å². The highest BCUT2D eigenvalue weighted by Crippen LogP contribution is 2.35. The Hall–Kier alpha value is -3.59. The molecule has 3 rings (SSSR count). The van der Waals surface area contributed by atoms with Crippen molar-refractivity contribution in [3.63, 3.8) is 0 Å². The van der Waals surface area contributed by atoms with E-state index in [-0.39, 0.29) is 17.1 Å². The number of fused-ring (bicyclic) bond motifs is 1. The largest absolute Gasteiger partial charge is 0.496 e. The summed E-state index contributed by atoms with van der Waals surface area (Å²) in [6.45, 7) is -0.783. The molecule has 0 aliphatic carbocycles. The van der Waals surface area contributed by atoms with E-state index in [1.807, 2.05) is 0 Å². The van der Waals surface area contributed by atoms with Gasteiger partial charge >= 0.3 is 6.03 Å². The molecule has 0 aliphatic rings. The van der Waals surface area contributed by atoms with E-state index >= 15 is 0 Å². The van der Waals surface area contributed by atoms with Gasteiger partial charge < -0.3 is 25.4 Å². The number of halogens is 2. The lowest BCUT2D eigenvalue weighted by atomic mass is 10.1. The first-order chi connectivity index (χ1) is 15.0. The highest BCUT2D eigenvalue weighted by atomic mass is 35.5. The molecule has 3 amide bonds. The van der Waals surface area contributed by atoms with E-state index in [1.165, 1.54) is 14.2 Å². The number of methoxy groups -OCH3 is 1. The van der Waals surface area contributed by atoms with Crippen molar-refractivity contribution in [1.82, 2.24) is 15.6 Å². The quantitative estimate of drug-likeness (QED) is 0.506. The lowest BCUT2D eigenvalue weighted by Gasteiger charge is -2.14. The molecule has 162 valence electrons. The number of carbonyl (C=O) groups is 2. The Morgan fingerprint density at radius 3 is 2.65 bits per heavy atom. The minimum absolute atomic E-state index is 0.106. The lowest BCUT2D eigenvalue weighted by molar-refractivity contribution is 0.0948. The van der Waals surface area contributed by atoms with E-state index in [4.69, 9.17) is 21.1 Å². The zero-order chi connectivity index (χ0) is 22.4. The number of anilines is 1. The van der Waals surface area contributed by atoms with Gasteiger partial charge in [-0.1, -0.05) is 11.6 Å². The third kappa shape index (κ3) is 5.13. The van der Waals surface area contributed by atoms with Gasteiger partial charge in [-0.05, 0) is 24.3 Å². The SMILES string of the molecule is CNC(=O)Nc1ccc(Oc2ccnc3cc(OC)c(C(=O)NCCF)cc23)cc1Cl. The van der Waals surface area contributed by atoms with Gasteiger partial charge in [0.05, 0.1) is 28.9 Å². The average molecular weight is 447 g/mol. The molecular formula is C21H20ClFN4O4. The second-order valence-electron chi connectivity index (χ2n) is 6.27. The molecule has 0 bridgehead atoms. The maximum Gasteiger partial charge on any atom is 0.319 e. The van der Waals surface area contributed by atoms with Crippen LogP contribution in [-0.2, 0) is 0 Å². The zero-order valence-electron chi connectivity index (χ0n) is 16.8. The van der Waals surface area contributed by atoms with E-state index in [9.17, 15) is 14.0 Å². The first-order valence-corrected chi connectivity index (χ1v) is 9.61. The molecule has 0 radical (unpaired) electrons. The number of rotatable bonds is 7. The predicted molar refractivity (Wildman–Crippen MR) is 116 cm³/mol. The van der Waals surface area contributed by atoms with Crippen molar-refractivity contribution < 1.29 is 23.5 Å². The van der Waals surface area contributed by atoms with Gasteiger partial charge in [0.25, 0.3) is 5.91 Å². The molecule has 1 heterocycles. The summed E-state index contributed by atoms with van der Waals surface area (Å²) in [5.74, 6) is 0.675. The summed E-state index contributed by atoms with van der Waals surface area (Å²) < 4.78 is 23.7. The number of ether oxygens (including phenoxy) is 2. The van der Waals surface area contributed by atoms with Gasteiger partial charge in [0, 0.05) is 37.3 Å². The monoisotopic (exact) mass is 446 g/mol. The Labute approximate surface area is 182 Å². The van der Waals surface area contributed by atoms with E-state index in [1.54, 1.807) is 42.6 Å². The molecular weight excluding hydrogens is 427 g/mol. The molecule has 8 nitrogen and oxygen atoms in total. The van der Waals surface area contributed by atoms with Crippen LogP contribution in [-0.4, -0.2) is 44.3 Å². The molecule has 0 saturated heterocycles. The maximum atomic E-state index is 12.4.